The molecule has 2 aromatic rings. The molecule has 0 saturated heterocycles. The summed E-state index contributed by atoms with van der Waals surface area (Å²) in [5.41, 5.74) is 6.79. The molecule has 2 N–H and O–H groups in total. The molecule has 26 heavy (non-hydrogen) atoms. The summed E-state index contributed by atoms with van der Waals surface area (Å²) < 4.78 is 0. The fourth-order valence-electron chi connectivity index (χ4n) is 3.35. The molecule has 3 rings (SSSR count). The van der Waals surface area contributed by atoms with Crippen LogP contribution in [0.5, 0.6) is 0 Å². The van der Waals surface area contributed by atoms with Crippen molar-refractivity contribution in [1.29, 1.82) is 0 Å². The molecule has 1 unspecified atom stereocenters. The average molecular weight is 371 g/mol. The van der Waals surface area contributed by atoms with E-state index in [-0.39, 0.29) is 0 Å². The molecular formula is C22H30N2OS. The van der Waals surface area contributed by atoms with E-state index in [0.717, 1.165) is 34.7 Å². The second-order valence-corrected chi connectivity index (χ2v) is 8.67. The monoisotopic (exact) mass is 370 g/mol. The normalized spacial score (nSPS) is 14.6. The first-order chi connectivity index (χ1) is 12.6. The molecule has 1 fully saturated rings. The summed E-state index contributed by atoms with van der Waals surface area (Å²) in [6.45, 7) is 6.83. The number of aromatic nitrogens is 1. The number of benzene rings is 1. The predicted molar refractivity (Wildman–Crippen MR) is 110 cm³/mol. The van der Waals surface area contributed by atoms with Gasteiger partial charge in [0.15, 0.2) is 0 Å². The van der Waals surface area contributed by atoms with E-state index < -0.39 is 0 Å². The maximum atomic E-state index is 9.76. The smallest absolute Gasteiger partial charge is 0.0970 e. The molecule has 1 aliphatic rings. The van der Waals surface area contributed by atoms with Gasteiger partial charge in [-0.2, -0.15) is 0 Å². The maximum absolute atomic E-state index is 9.76. The molecule has 1 atom stereocenters. The third-order valence-electron chi connectivity index (χ3n) is 4.96. The number of hydrogen-bond acceptors (Lipinski definition) is 4. The number of thiazole rings is 1. The Morgan fingerprint density at radius 3 is 2.46 bits per heavy atom. The van der Waals surface area contributed by atoms with Gasteiger partial charge < -0.3 is 0 Å². The van der Waals surface area contributed by atoms with Crippen LogP contribution in [0.2, 0.25) is 0 Å². The number of allylic oxidation sites excluding steroid dienone is 1. The summed E-state index contributed by atoms with van der Waals surface area (Å²) in [4.78, 5) is 6.18. The Labute approximate surface area is 161 Å². The molecule has 1 heterocycles. The molecule has 1 aliphatic carbocycles. The Morgan fingerprint density at radius 2 is 1.88 bits per heavy atom. The first-order valence-corrected chi connectivity index (χ1v) is 10.6. The van der Waals surface area contributed by atoms with Crippen LogP contribution < -0.4 is 5.48 Å². The Balaban J connectivity index is 2.01. The first-order valence-electron chi connectivity index (χ1n) is 9.82. The van der Waals surface area contributed by atoms with E-state index in [0.29, 0.717) is 11.8 Å². The van der Waals surface area contributed by atoms with Crippen LogP contribution in [-0.2, 0) is 0 Å². The number of hydrogen-bond donors (Lipinski definition) is 2. The van der Waals surface area contributed by atoms with E-state index in [4.69, 9.17) is 4.98 Å². The highest BCUT2D eigenvalue weighted by Crippen LogP contribution is 2.43. The number of hydroxylamine groups is 1. The highest BCUT2D eigenvalue weighted by molar-refractivity contribution is 7.13. The van der Waals surface area contributed by atoms with Crippen LogP contribution in [0.3, 0.4) is 0 Å². The number of nitrogens with zero attached hydrogens (tertiary/aromatic N) is 1. The summed E-state index contributed by atoms with van der Waals surface area (Å²) in [6, 6.07) is 10.4. The van der Waals surface area contributed by atoms with Crippen molar-refractivity contribution >= 4 is 17.0 Å². The lowest BCUT2D eigenvalue weighted by Gasteiger charge is -2.14. The molecule has 0 radical (unpaired) electrons. The van der Waals surface area contributed by atoms with Gasteiger partial charge in [-0.1, -0.05) is 63.9 Å². The van der Waals surface area contributed by atoms with E-state index >= 15 is 0 Å². The fraction of sp³-hybridized carbons (Fsp3) is 0.500. The minimum atomic E-state index is 0.507. The van der Waals surface area contributed by atoms with Gasteiger partial charge in [0.25, 0.3) is 0 Å². The van der Waals surface area contributed by atoms with Crippen molar-refractivity contribution in [3.05, 3.63) is 45.8 Å². The van der Waals surface area contributed by atoms with Crippen LogP contribution in [0.15, 0.2) is 35.9 Å². The summed E-state index contributed by atoms with van der Waals surface area (Å²) in [6.07, 6.45) is 6.89. The third kappa shape index (κ3) is 4.54. The summed E-state index contributed by atoms with van der Waals surface area (Å²) >= 11 is 1.76. The van der Waals surface area contributed by atoms with Crippen molar-refractivity contribution in [2.45, 2.75) is 65.2 Å². The van der Waals surface area contributed by atoms with Crippen LogP contribution in [0.1, 0.15) is 75.1 Å². The molecule has 3 nitrogen and oxygen atoms in total. The largest absolute Gasteiger partial charge is 0.291 e. The molecule has 0 aliphatic heterocycles. The maximum Gasteiger partial charge on any atom is 0.0970 e. The van der Waals surface area contributed by atoms with Crippen LogP contribution >= 0.6 is 11.3 Å². The van der Waals surface area contributed by atoms with Crippen molar-refractivity contribution in [1.82, 2.24) is 10.5 Å². The van der Waals surface area contributed by atoms with Crippen LogP contribution in [-0.4, -0.2) is 10.2 Å². The van der Waals surface area contributed by atoms with E-state index in [1.807, 2.05) is 6.07 Å². The van der Waals surface area contributed by atoms with Gasteiger partial charge in [0.2, 0.25) is 0 Å². The molecule has 1 aromatic carbocycles. The van der Waals surface area contributed by atoms with Gasteiger partial charge in [0.05, 0.1) is 21.3 Å². The van der Waals surface area contributed by atoms with E-state index in [1.165, 1.54) is 36.3 Å². The third-order valence-corrected chi connectivity index (χ3v) is 6.20. The predicted octanol–water partition coefficient (Wildman–Crippen LogP) is 6.61. The summed E-state index contributed by atoms with van der Waals surface area (Å²) in [5, 5.41) is 11.0. The minimum absolute atomic E-state index is 0.507. The molecule has 0 bridgehead atoms. The first kappa shape index (κ1) is 19.1. The highest BCUT2D eigenvalue weighted by atomic mass is 32.1. The lowest BCUT2D eigenvalue weighted by atomic mass is 9.94. The van der Waals surface area contributed by atoms with Crippen LogP contribution in [0.4, 0.5) is 0 Å². The standard InChI is InChI=1S/C22H30N2OS/c1-4-8-18(12-11-15(2)3)22-23-19(16-9-6-5-7-10-16)21(26-22)20(24-25)17-13-14-17/h5-7,9-10,15,18,24-25H,4,8,11-14H2,1-3H3. The van der Waals surface area contributed by atoms with Crippen molar-refractivity contribution in [2.24, 2.45) is 5.92 Å². The van der Waals surface area contributed by atoms with Crippen molar-refractivity contribution in [3.63, 3.8) is 0 Å². The second kappa shape index (κ2) is 8.83. The van der Waals surface area contributed by atoms with Crippen molar-refractivity contribution < 1.29 is 5.21 Å². The zero-order chi connectivity index (χ0) is 18.5. The van der Waals surface area contributed by atoms with Gasteiger partial charge >= 0.3 is 0 Å². The molecule has 140 valence electrons. The topological polar surface area (TPSA) is 45.2 Å². The zero-order valence-electron chi connectivity index (χ0n) is 16.1. The number of nitrogens with one attached hydrogen (secondary N) is 1. The van der Waals surface area contributed by atoms with Crippen LogP contribution in [0, 0.1) is 5.92 Å². The molecule has 1 aromatic heterocycles. The highest BCUT2D eigenvalue weighted by Gasteiger charge is 2.26. The quantitative estimate of drug-likeness (QED) is 0.488. The van der Waals surface area contributed by atoms with Crippen molar-refractivity contribution in [3.8, 4) is 11.3 Å². The van der Waals surface area contributed by atoms with Gasteiger partial charge in [-0.3, -0.25) is 10.7 Å². The van der Waals surface area contributed by atoms with Crippen molar-refractivity contribution in [2.75, 3.05) is 0 Å². The van der Waals surface area contributed by atoms with Gasteiger partial charge in [-0.15, -0.1) is 11.3 Å². The second-order valence-electron chi connectivity index (χ2n) is 7.64. The van der Waals surface area contributed by atoms with Gasteiger partial charge in [0, 0.05) is 11.5 Å². The van der Waals surface area contributed by atoms with E-state index in [2.05, 4.69) is 50.5 Å². The lowest BCUT2D eigenvalue weighted by molar-refractivity contribution is 0.224. The average Bonchev–Trinajstić information content (AvgIpc) is 3.38. The molecule has 1 saturated carbocycles. The molecule has 0 spiro atoms. The van der Waals surface area contributed by atoms with Gasteiger partial charge in [0.1, 0.15) is 0 Å². The number of rotatable bonds is 9. The lowest BCUT2D eigenvalue weighted by Crippen LogP contribution is -2.05. The SMILES string of the molecule is CCCC(CCC(C)C)c1nc(-c2ccccc2)c(C(NO)=C2CC2)s1. The molecule has 4 heteroatoms. The van der Waals surface area contributed by atoms with Crippen LogP contribution in [0.25, 0.3) is 17.0 Å². The van der Waals surface area contributed by atoms with Gasteiger partial charge in [-0.25, -0.2) is 4.98 Å². The van der Waals surface area contributed by atoms with E-state index in [1.54, 1.807) is 11.3 Å². The molecular weight excluding hydrogens is 340 g/mol. The Kier molecular flexibility index (Phi) is 6.49. The zero-order valence-corrected chi connectivity index (χ0v) is 16.9. The molecule has 0 amide bonds. The summed E-state index contributed by atoms with van der Waals surface area (Å²) in [7, 11) is 0. The van der Waals surface area contributed by atoms with E-state index in [9.17, 15) is 5.21 Å². The Bertz CT molecular complexity index is 743. The van der Waals surface area contributed by atoms with Gasteiger partial charge in [-0.05, 0) is 37.2 Å². The minimum Gasteiger partial charge on any atom is -0.291 e. The fourth-order valence-corrected chi connectivity index (χ4v) is 4.65. The Morgan fingerprint density at radius 1 is 1.15 bits per heavy atom. The Hall–Kier alpha value is -1.65. The summed E-state index contributed by atoms with van der Waals surface area (Å²) in [5.74, 6) is 1.22.